The molecule has 0 aliphatic carbocycles. The Morgan fingerprint density at radius 3 is 1.68 bits per heavy atom. The summed E-state index contributed by atoms with van der Waals surface area (Å²) >= 11 is 0. The van der Waals surface area contributed by atoms with Crippen LogP contribution in [0.5, 0.6) is 0 Å². The lowest BCUT2D eigenvalue weighted by molar-refractivity contribution is 0.161. The molecule has 0 fully saturated rings. The Kier molecular flexibility index (Phi) is 19.2. The molecule has 0 aromatic carbocycles. The first-order chi connectivity index (χ1) is 11.7. The molecule has 3 atom stereocenters. The van der Waals surface area contributed by atoms with Crippen molar-refractivity contribution >= 4 is 16.1 Å². The number of phosphoric ester groups is 1. The van der Waals surface area contributed by atoms with E-state index in [1.54, 1.807) is 0 Å². The second kappa shape index (κ2) is 17.5. The van der Waals surface area contributed by atoms with Crippen LogP contribution in [0, 0.1) is 11.8 Å². The molecule has 3 N–H and O–H groups in total. The predicted octanol–water partition coefficient (Wildman–Crippen LogP) is 5.18. The van der Waals surface area contributed by atoms with E-state index in [0.29, 0.717) is 12.5 Å². The van der Waals surface area contributed by atoms with Gasteiger partial charge in [-0.3, -0.25) is 4.52 Å². The van der Waals surface area contributed by atoms with Gasteiger partial charge in [-0.2, -0.15) is 0 Å². The molecule has 0 bridgehead atoms. The summed E-state index contributed by atoms with van der Waals surface area (Å²) in [5.41, 5.74) is 0. The molecule has 9 heteroatoms. The van der Waals surface area contributed by atoms with Crippen molar-refractivity contribution in [1.29, 1.82) is 0 Å². The Bertz CT molecular complexity index is 360. The zero-order valence-electron chi connectivity index (χ0n) is 16.1. The Balaban J connectivity index is 0. The summed E-state index contributed by atoms with van der Waals surface area (Å²) in [5, 5.41) is 0. The zero-order valence-corrected chi connectivity index (χ0v) is 17.9. The minimum atomic E-state index is -4.26. The topological polar surface area (TPSA) is 113 Å². The average Bonchev–Trinajstić information content (AvgIpc) is 2.55. The summed E-state index contributed by atoms with van der Waals surface area (Å²) < 4.78 is 29.7. The number of hydrogen-bond donors (Lipinski definition) is 3. The Labute approximate surface area is 153 Å². The van der Waals surface area contributed by atoms with Crippen LogP contribution in [0.2, 0.25) is 0 Å². The molecule has 0 aliphatic rings. The van der Waals surface area contributed by atoms with Crippen molar-refractivity contribution in [2.75, 3.05) is 13.2 Å². The number of unbranched alkanes of at least 4 members (excludes halogenated alkanes) is 2. The largest absolute Gasteiger partial charge is 0.694 e. The van der Waals surface area contributed by atoms with Crippen LogP contribution in [-0.2, 0) is 18.2 Å². The second-order valence-corrected chi connectivity index (χ2v) is 8.13. The van der Waals surface area contributed by atoms with Gasteiger partial charge in [-0.25, -0.2) is 4.57 Å². The van der Waals surface area contributed by atoms with Gasteiger partial charge in [0.1, 0.15) is 6.61 Å². The molecular formula is C16H37O7P2+. The molecule has 0 aliphatic heterocycles. The van der Waals surface area contributed by atoms with Gasteiger partial charge in [0, 0.05) is 4.57 Å². The second-order valence-electron chi connectivity index (χ2n) is 6.15. The third kappa shape index (κ3) is 22.1. The Hall–Kier alpha value is 0.130. The van der Waals surface area contributed by atoms with Gasteiger partial charge in [-0.05, 0) is 24.7 Å². The van der Waals surface area contributed by atoms with Crippen molar-refractivity contribution < 1.29 is 32.9 Å². The van der Waals surface area contributed by atoms with Gasteiger partial charge in [0.15, 0.2) is 0 Å². The van der Waals surface area contributed by atoms with Crippen molar-refractivity contribution in [2.24, 2.45) is 11.8 Å². The lowest BCUT2D eigenvalue weighted by Crippen LogP contribution is -2.07. The van der Waals surface area contributed by atoms with Crippen LogP contribution in [0.3, 0.4) is 0 Å². The maximum absolute atomic E-state index is 10.4. The number of phosphoric acid groups is 1. The highest BCUT2D eigenvalue weighted by molar-refractivity contribution is 7.46. The van der Waals surface area contributed by atoms with E-state index in [0.717, 1.165) is 38.5 Å². The summed E-state index contributed by atoms with van der Waals surface area (Å²) in [6.45, 7) is 8.90. The van der Waals surface area contributed by atoms with Gasteiger partial charge in [-0.15, -0.1) is 9.42 Å². The minimum Gasteiger partial charge on any atom is -0.303 e. The van der Waals surface area contributed by atoms with Crippen LogP contribution < -0.4 is 0 Å². The summed E-state index contributed by atoms with van der Waals surface area (Å²) in [7, 11) is -6.67. The third-order valence-electron chi connectivity index (χ3n) is 3.99. The number of hydrogen-bond acceptors (Lipinski definition) is 4. The summed E-state index contributed by atoms with van der Waals surface area (Å²) in [5.74, 6) is 0.712. The molecule has 0 radical (unpaired) electrons. The van der Waals surface area contributed by atoms with Crippen LogP contribution in [-0.4, -0.2) is 27.9 Å². The molecule has 0 aromatic rings. The van der Waals surface area contributed by atoms with Crippen LogP contribution >= 0.6 is 16.1 Å². The Morgan fingerprint density at radius 1 is 0.920 bits per heavy atom. The van der Waals surface area contributed by atoms with Crippen molar-refractivity contribution in [1.82, 2.24) is 0 Å². The molecule has 7 nitrogen and oxygen atoms in total. The molecule has 0 heterocycles. The van der Waals surface area contributed by atoms with E-state index < -0.39 is 16.1 Å². The first-order valence-electron chi connectivity index (χ1n) is 9.19. The molecule has 25 heavy (non-hydrogen) atoms. The maximum Gasteiger partial charge on any atom is 0.694 e. The van der Waals surface area contributed by atoms with E-state index >= 15 is 0 Å². The maximum atomic E-state index is 10.4. The average molecular weight is 403 g/mol. The fourth-order valence-corrected chi connectivity index (χ4v) is 2.91. The van der Waals surface area contributed by atoms with E-state index in [4.69, 9.17) is 14.7 Å². The van der Waals surface area contributed by atoms with Gasteiger partial charge in [-0.1, -0.05) is 66.2 Å². The van der Waals surface area contributed by atoms with Crippen molar-refractivity contribution in [3.8, 4) is 0 Å². The van der Waals surface area contributed by atoms with Crippen LogP contribution in [0.1, 0.15) is 79.1 Å². The molecule has 0 spiro atoms. The molecule has 0 aromatic heterocycles. The van der Waals surface area contributed by atoms with E-state index in [1.165, 1.54) is 12.8 Å². The van der Waals surface area contributed by atoms with Crippen LogP contribution in [0.15, 0.2) is 0 Å². The van der Waals surface area contributed by atoms with Crippen LogP contribution in [0.25, 0.3) is 0 Å². The fraction of sp³-hybridized carbons (Fsp3) is 1.00. The SMILES string of the molecule is CCCCC(CC)COP(=O)(O)O.CCCCC(CC)CO[P+](=O)O. The monoisotopic (exact) mass is 403 g/mol. The summed E-state index contributed by atoms with van der Waals surface area (Å²) in [6.07, 6.45) is 8.52. The first-order valence-corrected chi connectivity index (χ1v) is 11.8. The van der Waals surface area contributed by atoms with Gasteiger partial charge in [0.2, 0.25) is 0 Å². The molecule has 0 saturated carbocycles. The van der Waals surface area contributed by atoms with Crippen molar-refractivity contribution in [3.05, 3.63) is 0 Å². The van der Waals surface area contributed by atoms with Gasteiger partial charge >= 0.3 is 16.1 Å². The van der Waals surface area contributed by atoms with E-state index in [9.17, 15) is 9.13 Å². The highest BCUT2D eigenvalue weighted by Crippen LogP contribution is 2.36. The smallest absolute Gasteiger partial charge is 0.303 e. The highest BCUT2D eigenvalue weighted by Gasteiger charge is 2.17. The van der Waals surface area contributed by atoms with E-state index in [2.05, 4.69) is 29.8 Å². The van der Waals surface area contributed by atoms with E-state index in [-0.39, 0.29) is 12.5 Å². The van der Waals surface area contributed by atoms with Crippen LogP contribution in [0.4, 0.5) is 0 Å². The van der Waals surface area contributed by atoms with Gasteiger partial charge in [0.25, 0.3) is 0 Å². The first kappa shape index (κ1) is 27.3. The number of rotatable bonds is 14. The zero-order chi connectivity index (χ0) is 19.7. The van der Waals surface area contributed by atoms with Crippen molar-refractivity contribution in [3.63, 3.8) is 0 Å². The third-order valence-corrected chi connectivity index (χ3v) is 4.84. The fourth-order valence-electron chi connectivity index (χ4n) is 2.17. The van der Waals surface area contributed by atoms with Gasteiger partial charge in [0.05, 0.1) is 6.61 Å². The minimum absolute atomic E-state index is 0.167. The Morgan fingerprint density at radius 2 is 1.36 bits per heavy atom. The standard InChI is InChI=1S/C8H19O4P.C8H17O3P/c1-3-5-6-8(4-2)7-12-13(9,10)11;1-3-5-6-8(4-2)7-11-12(9)10/h8H,3-7H2,1-2H3,(H2,9,10,11);8H,3-7H2,1-2H3/p+1. The lowest BCUT2D eigenvalue weighted by atomic mass is 10.0. The predicted molar refractivity (Wildman–Crippen MR) is 100 cm³/mol. The molecule has 0 saturated heterocycles. The van der Waals surface area contributed by atoms with Crippen molar-refractivity contribution in [2.45, 2.75) is 79.1 Å². The molecular weight excluding hydrogens is 366 g/mol. The summed E-state index contributed by atoms with van der Waals surface area (Å²) in [6, 6.07) is 0. The molecule has 152 valence electrons. The molecule has 0 rings (SSSR count). The van der Waals surface area contributed by atoms with E-state index in [1.807, 2.05) is 6.92 Å². The van der Waals surface area contributed by atoms with Gasteiger partial charge < -0.3 is 9.79 Å². The molecule has 0 amide bonds. The highest BCUT2D eigenvalue weighted by atomic mass is 31.2. The normalized spacial score (nSPS) is 14.4. The molecule has 3 unspecified atom stereocenters. The lowest BCUT2D eigenvalue weighted by Gasteiger charge is -2.14. The summed E-state index contributed by atoms with van der Waals surface area (Å²) in [4.78, 5) is 25.4. The quantitative estimate of drug-likeness (QED) is 0.342.